The fraction of sp³-hybridized carbons (Fsp3) is 0.846. The maximum absolute atomic E-state index is 5.91. The lowest BCUT2D eigenvalue weighted by Gasteiger charge is -2.43. The van der Waals surface area contributed by atoms with Crippen LogP contribution in [-0.4, -0.2) is 35.5 Å². The molecule has 0 radical (unpaired) electrons. The number of morpholine rings is 1. The van der Waals surface area contributed by atoms with Crippen LogP contribution in [0, 0.1) is 0 Å². The number of rotatable bonds is 2. The third-order valence-electron chi connectivity index (χ3n) is 4.33. The van der Waals surface area contributed by atoms with Crippen LogP contribution in [0.2, 0.25) is 0 Å². The van der Waals surface area contributed by atoms with E-state index in [-0.39, 0.29) is 0 Å². The first kappa shape index (κ1) is 11.2. The van der Waals surface area contributed by atoms with Gasteiger partial charge in [0.05, 0.1) is 18.8 Å². The van der Waals surface area contributed by atoms with Crippen molar-refractivity contribution >= 4 is 16.5 Å². The molecule has 4 rings (SSSR count). The van der Waals surface area contributed by atoms with Gasteiger partial charge in [-0.05, 0) is 25.7 Å². The highest BCUT2D eigenvalue weighted by molar-refractivity contribution is 7.15. The van der Waals surface area contributed by atoms with Crippen molar-refractivity contribution < 1.29 is 4.74 Å². The molecular weight excluding hydrogens is 246 g/mol. The standard InChI is InChI=1S/C13H19N3OS/c1-2-4-11-10(3-1)16(7-8-17-11)13-15-14-12(18-13)9-5-6-9/h9-11H,1-8H2/t10-,11+/m1/s1. The first-order chi connectivity index (χ1) is 8.92. The molecule has 0 N–H and O–H groups in total. The molecule has 98 valence electrons. The van der Waals surface area contributed by atoms with E-state index in [4.69, 9.17) is 4.74 Å². The van der Waals surface area contributed by atoms with Crippen LogP contribution in [0.1, 0.15) is 49.5 Å². The molecule has 0 bridgehead atoms. The predicted octanol–water partition coefficient (Wildman–Crippen LogP) is 2.56. The van der Waals surface area contributed by atoms with Crippen molar-refractivity contribution in [1.29, 1.82) is 0 Å². The summed E-state index contributed by atoms with van der Waals surface area (Å²) >= 11 is 1.81. The second kappa shape index (κ2) is 4.46. The van der Waals surface area contributed by atoms with Gasteiger partial charge in [-0.1, -0.05) is 24.2 Å². The summed E-state index contributed by atoms with van der Waals surface area (Å²) < 4.78 is 5.91. The highest BCUT2D eigenvalue weighted by Gasteiger charge is 2.36. The Balaban J connectivity index is 1.57. The van der Waals surface area contributed by atoms with Crippen molar-refractivity contribution in [1.82, 2.24) is 10.2 Å². The van der Waals surface area contributed by atoms with Crippen LogP contribution in [0.15, 0.2) is 0 Å². The molecule has 3 aliphatic rings. The lowest BCUT2D eigenvalue weighted by molar-refractivity contribution is -0.00873. The Bertz CT molecular complexity index is 430. The molecule has 0 spiro atoms. The van der Waals surface area contributed by atoms with Gasteiger partial charge in [0.15, 0.2) is 0 Å². The van der Waals surface area contributed by atoms with Crippen molar-refractivity contribution in [3.8, 4) is 0 Å². The average molecular weight is 265 g/mol. The maximum Gasteiger partial charge on any atom is 0.208 e. The second-order valence-electron chi connectivity index (χ2n) is 5.65. The van der Waals surface area contributed by atoms with Crippen LogP contribution in [-0.2, 0) is 4.74 Å². The van der Waals surface area contributed by atoms with Gasteiger partial charge in [-0.3, -0.25) is 0 Å². The fourth-order valence-electron chi connectivity index (χ4n) is 3.17. The fourth-order valence-corrected chi connectivity index (χ4v) is 4.27. The number of fused-ring (bicyclic) bond motifs is 1. The van der Waals surface area contributed by atoms with Crippen LogP contribution in [0.4, 0.5) is 5.13 Å². The van der Waals surface area contributed by atoms with Gasteiger partial charge in [-0.15, -0.1) is 10.2 Å². The molecule has 0 amide bonds. The molecule has 0 aromatic carbocycles. The average Bonchev–Trinajstić information content (AvgIpc) is 3.16. The van der Waals surface area contributed by atoms with Gasteiger partial charge in [0.2, 0.25) is 5.13 Å². The van der Waals surface area contributed by atoms with E-state index in [2.05, 4.69) is 15.1 Å². The third kappa shape index (κ3) is 1.93. The molecule has 5 heteroatoms. The minimum atomic E-state index is 0.431. The van der Waals surface area contributed by atoms with Crippen LogP contribution in [0.3, 0.4) is 0 Å². The van der Waals surface area contributed by atoms with E-state index in [1.54, 1.807) is 0 Å². The molecule has 1 aliphatic heterocycles. The van der Waals surface area contributed by atoms with Crippen molar-refractivity contribution in [3.05, 3.63) is 5.01 Å². The molecule has 2 aliphatic carbocycles. The molecule has 0 unspecified atom stereocenters. The molecule has 4 nitrogen and oxygen atoms in total. The van der Waals surface area contributed by atoms with E-state index in [0.717, 1.165) is 24.2 Å². The monoisotopic (exact) mass is 265 g/mol. The van der Waals surface area contributed by atoms with Gasteiger partial charge in [-0.2, -0.15) is 0 Å². The van der Waals surface area contributed by atoms with Gasteiger partial charge >= 0.3 is 0 Å². The van der Waals surface area contributed by atoms with Crippen LogP contribution >= 0.6 is 11.3 Å². The molecule has 2 atom stereocenters. The predicted molar refractivity (Wildman–Crippen MR) is 71.2 cm³/mol. The second-order valence-corrected chi connectivity index (χ2v) is 6.64. The largest absolute Gasteiger partial charge is 0.374 e. The molecule has 2 heterocycles. The van der Waals surface area contributed by atoms with Crippen LogP contribution in [0.25, 0.3) is 0 Å². The summed E-state index contributed by atoms with van der Waals surface area (Å²) in [6.07, 6.45) is 8.17. The zero-order chi connectivity index (χ0) is 11.9. The number of hydrogen-bond acceptors (Lipinski definition) is 5. The van der Waals surface area contributed by atoms with Gasteiger partial charge in [0, 0.05) is 12.5 Å². The quantitative estimate of drug-likeness (QED) is 0.823. The van der Waals surface area contributed by atoms with Gasteiger partial charge in [0.25, 0.3) is 0 Å². The minimum absolute atomic E-state index is 0.431. The van der Waals surface area contributed by atoms with Crippen molar-refractivity contribution in [2.24, 2.45) is 0 Å². The Kier molecular flexibility index (Phi) is 2.77. The number of ether oxygens (including phenoxy) is 1. The van der Waals surface area contributed by atoms with E-state index >= 15 is 0 Å². The summed E-state index contributed by atoms with van der Waals surface area (Å²) in [4.78, 5) is 2.47. The number of aromatic nitrogens is 2. The van der Waals surface area contributed by atoms with Crippen LogP contribution in [0.5, 0.6) is 0 Å². The smallest absolute Gasteiger partial charge is 0.208 e. The topological polar surface area (TPSA) is 38.2 Å². The SMILES string of the molecule is C1CC[C@@H]2[C@H](C1)OCCN2c1nnc(C2CC2)s1. The zero-order valence-electron chi connectivity index (χ0n) is 10.5. The van der Waals surface area contributed by atoms with E-state index < -0.39 is 0 Å². The number of anilines is 1. The van der Waals surface area contributed by atoms with Crippen molar-refractivity contribution in [3.63, 3.8) is 0 Å². The van der Waals surface area contributed by atoms with Gasteiger partial charge in [0.1, 0.15) is 5.01 Å². The molecule has 3 fully saturated rings. The molecule has 18 heavy (non-hydrogen) atoms. The number of hydrogen-bond donors (Lipinski definition) is 0. The lowest BCUT2D eigenvalue weighted by Crippen LogP contribution is -2.52. The molecule has 2 saturated carbocycles. The van der Waals surface area contributed by atoms with E-state index in [9.17, 15) is 0 Å². The molecule has 1 saturated heterocycles. The lowest BCUT2D eigenvalue weighted by atomic mass is 9.90. The van der Waals surface area contributed by atoms with E-state index in [1.807, 2.05) is 11.3 Å². The van der Waals surface area contributed by atoms with Gasteiger partial charge in [-0.25, -0.2) is 0 Å². The number of nitrogens with zero attached hydrogens (tertiary/aromatic N) is 3. The Hall–Kier alpha value is -0.680. The molecule has 1 aromatic rings. The van der Waals surface area contributed by atoms with Crippen molar-refractivity contribution in [2.75, 3.05) is 18.1 Å². The highest BCUT2D eigenvalue weighted by Crippen LogP contribution is 2.43. The highest BCUT2D eigenvalue weighted by atomic mass is 32.1. The van der Waals surface area contributed by atoms with E-state index in [1.165, 1.54) is 43.5 Å². The molecule has 1 aromatic heterocycles. The zero-order valence-corrected chi connectivity index (χ0v) is 11.4. The normalized spacial score (nSPS) is 32.3. The van der Waals surface area contributed by atoms with E-state index in [0.29, 0.717) is 12.1 Å². The summed E-state index contributed by atoms with van der Waals surface area (Å²) in [6.45, 7) is 1.83. The minimum Gasteiger partial charge on any atom is -0.374 e. The molecular formula is C13H19N3OS. The summed E-state index contributed by atoms with van der Waals surface area (Å²) in [7, 11) is 0. The summed E-state index contributed by atoms with van der Waals surface area (Å²) in [5, 5.41) is 11.2. The Labute approximate surface area is 111 Å². The van der Waals surface area contributed by atoms with Crippen molar-refractivity contribution in [2.45, 2.75) is 56.6 Å². The Morgan fingerprint density at radius 1 is 1.11 bits per heavy atom. The third-order valence-corrected chi connectivity index (χ3v) is 5.46. The first-order valence-electron chi connectivity index (χ1n) is 7.13. The first-order valence-corrected chi connectivity index (χ1v) is 7.95. The van der Waals surface area contributed by atoms with Gasteiger partial charge < -0.3 is 9.64 Å². The Morgan fingerprint density at radius 2 is 2.00 bits per heavy atom. The summed E-state index contributed by atoms with van der Waals surface area (Å²) in [5.41, 5.74) is 0. The van der Waals surface area contributed by atoms with Crippen LogP contribution < -0.4 is 4.90 Å². The summed E-state index contributed by atoms with van der Waals surface area (Å²) in [6, 6.07) is 0.549. The maximum atomic E-state index is 5.91. The Morgan fingerprint density at radius 3 is 2.89 bits per heavy atom. The summed E-state index contributed by atoms with van der Waals surface area (Å²) in [5.74, 6) is 0.722.